The maximum atomic E-state index is 12.3. The Kier molecular flexibility index (Phi) is 5.69. The van der Waals surface area contributed by atoms with E-state index in [0.29, 0.717) is 22.5 Å². The highest BCUT2D eigenvalue weighted by Crippen LogP contribution is 2.28. The average molecular weight is 388 g/mol. The molecule has 3 rings (SSSR count). The van der Waals surface area contributed by atoms with Gasteiger partial charge in [-0.25, -0.2) is 0 Å². The number of anilines is 2. The van der Waals surface area contributed by atoms with Crippen LogP contribution in [0.2, 0.25) is 0 Å². The molecule has 7 nitrogen and oxygen atoms in total. The lowest BCUT2D eigenvalue weighted by Gasteiger charge is -2.10. The maximum absolute atomic E-state index is 12.3. The molecule has 0 saturated heterocycles. The Morgan fingerprint density at radius 2 is 1.81 bits per heavy atom. The molecule has 0 unspecified atom stereocenters. The summed E-state index contributed by atoms with van der Waals surface area (Å²) in [6.07, 6.45) is 0. The monoisotopic (exact) mass is 388 g/mol. The summed E-state index contributed by atoms with van der Waals surface area (Å²) in [6, 6.07) is 10.7. The third kappa shape index (κ3) is 4.70. The van der Waals surface area contributed by atoms with Crippen molar-refractivity contribution in [2.75, 3.05) is 10.6 Å². The largest absolute Gasteiger partial charge is 0.410 e. The zero-order valence-electron chi connectivity index (χ0n) is 14.1. The molecule has 2 aromatic heterocycles. The molecule has 2 N–H and O–H groups in total. The fourth-order valence-electron chi connectivity index (χ4n) is 2.05. The van der Waals surface area contributed by atoms with Crippen molar-refractivity contribution in [1.82, 2.24) is 10.2 Å². The number of carbonyl (C=O) groups is 2. The lowest BCUT2D eigenvalue weighted by molar-refractivity contribution is -0.115. The molecule has 2 amide bonds. The number of thiophene rings is 1. The van der Waals surface area contributed by atoms with E-state index >= 15 is 0 Å². The van der Waals surface area contributed by atoms with Gasteiger partial charge in [-0.1, -0.05) is 17.8 Å². The summed E-state index contributed by atoms with van der Waals surface area (Å²) in [5.74, 6) is 0.120. The van der Waals surface area contributed by atoms with Crippen LogP contribution in [0.1, 0.15) is 13.8 Å². The Morgan fingerprint density at radius 3 is 2.42 bits per heavy atom. The summed E-state index contributed by atoms with van der Waals surface area (Å²) < 4.78 is 5.58. The first-order valence-electron chi connectivity index (χ1n) is 7.74. The number of carbonyl (C=O) groups excluding carboxylic acids is 2. The molecule has 0 spiro atoms. The molecule has 1 aromatic carbocycles. The van der Waals surface area contributed by atoms with Crippen molar-refractivity contribution >= 4 is 46.3 Å². The number of amides is 2. The number of rotatable bonds is 6. The first-order chi connectivity index (χ1) is 12.5. The van der Waals surface area contributed by atoms with Gasteiger partial charge in [0.15, 0.2) is 0 Å². The standard InChI is InChI=1S/C17H16N4O3S2/c1-10(26-17-21-20-16(24-17)14-4-3-9-25-14)15(23)19-13-7-5-12(6-8-13)18-11(2)22/h3-10H,1-2H3,(H,18,22)(H,19,23)/t10-/m1/s1. The van der Waals surface area contributed by atoms with Gasteiger partial charge in [-0.2, -0.15) is 0 Å². The Morgan fingerprint density at radius 1 is 1.12 bits per heavy atom. The summed E-state index contributed by atoms with van der Waals surface area (Å²) in [4.78, 5) is 24.2. The van der Waals surface area contributed by atoms with E-state index in [0.717, 1.165) is 4.88 Å². The Hall–Kier alpha value is -2.65. The summed E-state index contributed by atoms with van der Waals surface area (Å²) in [5, 5.41) is 15.3. The van der Waals surface area contributed by atoms with Crippen molar-refractivity contribution in [3.05, 3.63) is 41.8 Å². The third-order valence-electron chi connectivity index (χ3n) is 3.26. The average Bonchev–Trinajstić information content (AvgIpc) is 3.27. The van der Waals surface area contributed by atoms with Gasteiger partial charge >= 0.3 is 0 Å². The van der Waals surface area contributed by atoms with Crippen molar-refractivity contribution in [3.8, 4) is 10.8 Å². The number of benzene rings is 1. The van der Waals surface area contributed by atoms with Gasteiger partial charge in [-0.05, 0) is 42.6 Å². The van der Waals surface area contributed by atoms with Crippen LogP contribution in [0.25, 0.3) is 10.8 Å². The number of nitrogens with one attached hydrogen (secondary N) is 2. The molecule has 0 radical (unpaired) electrons. The minimum atomic E-state index is -0.415. The van der Waals surface area contributed by atoms with Crippen LogP contribution in [0.15, 0.2) is 51.4 Å². The number of aromatic nitrogens is 2. The van der Waals surface area contributed by atoms with E-state index in [1.807, 2.05) is 17.5 Å². The number of hydrogen-bond acceptors (Lipinski definition) is 7. The molecule has 1 atom stereocenters. The molecular formula is C17H16N4O3S2. The topological polar surface area (TPSA) is 97.1 Å². The highest BCUT2D eigenvalue weighted by molar-refractivity contribution is 8.00. The van der Waals surface area contributed by atoms with Crippen molar-refractivity contribution < 1.29 is 14.0 Å². The molecule has 26 heavy (non-hydrogen) atoms. The van der Waals surface area contributed by atoms with Gasteiger partial charge in [0.05, 0.1) is 10.1 Å². The second-order valence-electron chi connectivity index (χ2n) is 5.36. The van der Waals surface area contributed by atoms with Crippen LogP contribution in [0.4, 0.5) is 11.4 Å². The Labute approximate surface area is 158 Å². The fraction of sp³-hybridized carbons (Fsp3) is 0.176. The number of hydrogen-bond donors (Lipinski definition) is 2. The van der Waals surface area contributed by atoms with Crippen LogP contribution in [0, 0.1) is 0 Å². The van der Waals surface area contributed by atoms with Gasteiger partial charge in [-0.15, -0.1) is 21.5 Å². The predicted octanol–water partition coefficient (Wildman–Crippen LogP) is 3.88. The van der Waals surface area contributed by atoms with Gasteiger partial charge in [0.25, 0.3) is 11.1 Å². The molecule has 0 bridgehead atoms. The lowest BCUT2D eigenvalue weighted by Crippen LogP contribution is -2.22. The summed E-state index contributed by atoms with van der Waals surface area (Å²) >= 11 is 2.71. The van der Waals surface area contributed by atoms with Crippen molar-refractivity contribution in [3.63, 3.8) is 0 Å². The molecule has 134 valence electrons. The van der Waals surface area contributed by atoms with Gasteiger partial charge in [0, 0.05) is 18.3 Å². The fourth-order valence-corrected chi connectivity index (χ4v) is 3.37. The minimum absolute atomic E-state index is 0.145. The predicted molar refractivity (Wildman–Crippen MR) is 102 cm³/mol. The molecule has 0 aliphatic heterocycles. The summed E-state index contributed by atoms with van der Waals surface area (Å²) in [6.45, 7) is 3.21. The van der Waals surface area contributed by atoms with Crippen molar-refractivity contribution in [2.24, 2.45) is 0 Å². The summed E-state index contributed by atoms with van der Waals surface area (Å²) in [7, 11) is 0. The molecule has 3 aromatic rings. The van der Waals surface area contributed by atoms with Gasteiger partial charge in [0.1, 0.15) is 0 Å². The normalized spacial score (nSPS) is 11.8. The van der Waals surface area contributed by atoms with E-state index in [2.05, 4.69) is 20.8 Å². The molecule has 0 saturated carbocycles. The number of nitrogens with zero attached hydrogens (tertiary/aromatic N) is 2. The SMILES string of the molecule is CC(=O)Nc1ccc(NC(=O)[C@@H](C)Sc2nnc(-c3cccs3)o2)cc1. The summed E-state index contributed by atoms with van der Waals surface area (Å²) in [5.41, 5.74) is 1.31. The van der Waals surface area contributed by atoms with Crippen LogP contribution < -0.4 is 10.6 Å². The van der Waals surface area contributed by atoms with Crippen LogP contribution in [0.5, 0.6) is 0 Å². The van der Waals surface area contributed by atoms with E-state index in [-0.39, 0.29) is 11.8 Å². The lowest BCUT2D eigenvalue weighted by atomic mass is 10.2. The zero-order chi connectivity index (χ0) is 18.5. The van der Waals surface area contributed by atoms with E-state index in [1.54, 1.807) is 31.2 Å². The molecular weight excluding hydrogens is 372 g/mol. The molecule has 0 aliphatic rings. The van der Waals surface area contributed by atoms with Gasteiger partial charge in [0.2, 0.25) is 11.8 Å². The second-order valence-corrected chi connectivity index (χ2v) is 7.60. The Bertz CT molecular complexity index is 891. The van der Waals surface area contributed by atoms with E-state index in [9.17, 15) is 9.59 Å². The van der Waals surface area contributed by atoms with E-state index in [1.165, 1.54) is 30.0 Å². The first kappa shape index (κ1) is 18.2. The third-order valence-corrected chi connectivity index (χ3v) is 5.05. The van der Waals surface area contributed by atoms with E-state index < -0.39 is 5.25 Å². The zero-order valence-corrected chi connectivity index (χ0v) is 15.7. The van der Waals surface area contributed by atoms with Crippen LogP contribution in [-0.2, 0) is 9.59 Å². The van der Waals surface area contributed by atoms with E-state index in [4.69, 9.17) is 4.42 Å². The molecule has 0 fully saturated rings. The first-order valence-corrected chi connectivity index (χ1v) is 9.50. The van der Waals surface area contributed by atoms with Crippen LogP contribution >= 0.6 is 23.1 Å². The molecule has 9 heteroatoms. The smallest absolute Gasteiger partial charge is 0.277 e. The van der Waals surface area contributed by atoms with Crippen LogP contribution in [0.3, 0.4) is 0 Å². The number of thioether (sulfide) groups is 1. The molecule has 0 aliphatic carbocycles. The maximum Gasteiger partial charge on any atom is 0.277 e. The van der Waals surface area contributed by atoms with Gasteiger partial charge in [-0.3, -0.25) is 9.59 Å². The van der Waals surface area contributed by atoms with Gasteiger partial charge < -0.3 is 15.1 Å². The highest BCUT2D eigenvalue weighted by Gasteiger charge is 2.19. The highest BCUT2D eigenvalue weighted by atomic mass is 32.2. The molecule has 2 heterocycles. The second kappa shape index (κ2) is 8.15. The van der Waals surface area contributed by atoms with Crippen molar-refractivity contribution in [1.29, 1.82) is 0 Å². The Balaban J connectivity index is 1.57. The quantitative estimate of drug-likeness (QED) is 0.622. The van der Waals surface area contributed by atoms with Crippen molar-refractivity contribution in [2.45, 2.75) is 24.3 Å². The minimum Gasteiger partial charge on any atom is -0.410 e. The van der Waals surface area contributed by atoms with Crippen LogP contribution in [-0.4, -0.2) is 27.3 Å².